The predicted octanol–water partition coefficient (Wildman–Crippen LogP) is 5.56. The summed E-state index contributed by atoms with van der Waals surface area (Å²) in [5.74, 6) is 1.33. The second kappa shape index (κ2) is 8.69. The number of aromatic nitrogens is 4. The maximum atomic E-state index is 12.9. The second-order valence-corrected chi connectivity index (χ2v) is 8.60. The number of hydrogen-bond acceptors (Lipinski definition) is 6. The van der Waals surface area contributed by atoms with Crippen LogP contribution in [0, 0.1) is 0 Å². The Labute approximate surface area is 184 Å². The van der Waals surface area contributed by atoms with Crippen molar-refractivity contribution in [3.05, 3.63) is 68.2 Å². The summed E-state index contributed by atoms with van der Waals surface area (Å²) < 4.78 is 8.44. The van der Waals surface area contributed by atoms with Crippen LogP contribution in [0.25, 0.3) is 22.4 Å². The lowest BCUT2D eigenvalue weighted by molar-refractivity contribution is 0.527. The van der Waals surface area contributed by atoms with Crippen LogP contribution in [-0.2, 0) is 12.3 Å². The monoisotopic (exact) mass is 490 g/mol. The summed E-state index contributed by atoms with van der Waals surface area (Å²) in [7, 11) is 0. The molecule has 0 saturated carbocycles. The van der Waals surface area contributed by atoms with Crippen molar-refractivity contribution in [3.63, 3.8) is 0 Å². The van der Waals surface area contributed by atoms with E-state index < -0.39 is 0 Å². The molecule has 0 atom stereocenters. The van der Waals surface area contributed by atoms with Crippen molar-refractivity contribution in [2.75, 3.05) is 0 Å². The number of nitrogens with zero attached hydrogens (tertiary/aromatic N) is 4. The van der Waals surface area contributed by atoms with Crippen LogP contribution < -0.4 is 5.56 Å². The molecule has 0 radical (unpaired) electrons. The first-order valence-corrected chi connectivity index (χ1v) is 11.1. The minimum Gasteiger partial charge on any atom is -0.420 e. The smallest absolute Gasteiger partial charge is 0.262 e. The van der Waals surface area contributed by atoms with Crippen LogP contribution in [-0.4, -0.2) is 19.7 Å². The van der Waals surface area contributed by atoms with E-state index in [2.05, 4.69) is 31.1 Å². The zero-order chi connectivity index (χ0) is 20.4. The van der Waals surface area contributed by atoms with Gasteiger partial charge in [-0.15, -0.1) is 10.2 Å². The van der Waals surface area contributed by atoms with Gasteiger partial charge in [-0.25, -0.2) is 4.98 Å². The topological polar surface area (TPSA) is 73.8 Å². The fraction of sp³-hybridized carbons (Fsp3) is 0.200. The van der Waals surface area contributed by atoms with Gasteiger partial charge < -0.3 is 4.42 Å². The van der Waals surface area contributed by atoms with Crippen molar-refractivity contribution in [2.24, 2.45) is 0 Å². The van der Waals surface area contributed by atoms with E-state index in [1.54, 1.807) is 22.8 Å². The molecule has 0 spiro atoms. The Bertz CT molecular complexity index is 1220. The summed E-state index contributed by atoms with van der Waals surface area (Å²) in [6.07, 6.45) is 0.822. The molecule has 0 aliphatic heterocycles. The first-order chi connectivity index (χ1) is 14.0. The van der Waals surface area contributed by atoms with Gasteiger partial charge in [-0.05, 0) is 48.9 Å². The van der Waals surface area contributed by atoms with Gasteiger partial charge in [-0.1, -0.05) is 46.2 Å². The van der Waals surface area contributed by atoms with Crippen molar-refractivity contribution in [1.29, 1.82) is 0 Å². The van der Waals surface area contributed by atoms with Gasteiger partial charge in [-0.2, -0.15) is 0 Å². The van der Waals surface area contributed by atoms with Gasteiger partial charge in [0.15, 0.2) is 5.16 Å². The van der Waals surface area contributed by atoms with Crippen molar-refractivity contribution < 1.29 is 4.42 Å². The van der Waals surface area contributed by atoms with Crippen LogP contribution >= 0.6 is 39.3 Å². The summed E-state index contributed by atoms with van der Waals surface area (Å²) in [6, 6.07) is 12.8. The van der Waals surface area contributed by atoms with Crippen LogP contribution in [0.15, 0.2) is 61.3 Å². The lowest BCUT2D eigenvalue weighted by Gasteiger charge is -2.11. The van der Waals surface area contributed by atoms with Crippen LogP contribution in [0.5, 0.6) is 0 Å². The zero-order valence-electron chi connectivity index (χ0n) is 15.4. The molecule has 2 aromatic carbocycles. The van der Waals surface area contributed by atoms with Gasteiger partial charge in [0, 0.05) is 21.6 Å². The van der Waals surface area contributed by atoms with Crippen molar-refractivity contribution >= 4 is 50.2 Å². The van der Waals surface area contributed by atoms with E-state index in [9.17, 15) is 4.79 Å². The summed E-state index contributed by atoms with van der Waals surface area (Å²) in [4.78, 5) is 17.5. The Kier molecular flexibility index (Phi) is 6.03. The van der Waals surface area contributed by atoms with E-state index in [0.717, 1.165) is 16.5 Å². The minimum absolute atomic E-state index is 0.0721. The maximum absolute atomic E-state index is 12.9. The zero-order valence-corrected chi connectivity index (χ0v) is 18.6. The van der Waals surface area contributed by atoms with Crippen molar-refractivity contribution in [1.82, 2.24) is 19.7 Å². The summed E-state index contributed by atoms with van der Waals surface area (Å²) >= 11 is 10.9. The molecule has 29 heavy (non-hydrogen) atoms. The second-order valence-electron chi connectivity index (χ2n) is 6.31. The molecule has 0 aliphatic carbocycles. The normalized spacial score (nSPS) is 11.3. The van der Waals surface area contributed by atoms with Crippen molar-refractivity contribution in [2.45, 2.75) is 30.8 Å². The Morgan fingerprint density at radius 1 is 1.17 bits per heavy atom. The Morgan fingerprint density at radius 3 is 2.72 bits per heavy atom. The fourth-order valence-electron chi connectivity index (χ4n) is 2.85. The number of benzene rings is 2. The third-order valence-corrected chi connectivity index (χ3v) is 5.94. The molecule has 0 bridgehead atoms. The average Bonchev–Trinajstić information content (AvgIpc) is 3.18. The van der Waals surface area contributed by atoms with E-state index in [1.165, 1.54) is 11.8 Å². The SMILES string of the molecule is CCCn1c(SCc2nnc(-c3ccc(Br)cc3)o2)nc2cc(Cl)ccc2c1=O. The number of thioether (sulfide) groups is 1. The van der Waals surface area contributed by atoms with E-state index in [0.29, 0.717) is 45.2 Å². The molecule has 0 fully saturated rings. The van der Waals surface area contributed by atoms with E-state index in [4.69, 9.17) is 16.0 Å². The van der Waals surface area contributed by atoms with E-state index in [1.807, 2.05) is 31.2 Å². The molecule has 2 heterocycles. The molecule has 0 unspecified atom stereocenters. The summed E-state index contributed by atoms with van der Waals surface area (Å²) in [5, 5.41) is 9.94. The number of fused-ring (bicyclic) bond motifs is 1. The standard InChI is InChI=1S/C20H16BrClN4O2S/c1-2-9-26-19(27)15-8-7-14(22)10-16(15)23-20(26)29-11-17-24-25-18(28-17)12-3-5-13(21)6-4-12/h3-8,10H,2,9,11H2,1H3. The van der Waals surface area contributed by atoms with E-state index >= 15 is 0 Å². The molecular weight excluding hydrogens is 476 g/mol. The molecule has 0 amide bonds. The quantitative estimate of drug-likeness (QED) is 0.259. The molecule has 148 valence electrons. The Balaban J connectivity index is 1.61. The summed E-state index contributed by atoms with van der Waals surface area (Å²) in [6.45, 7) is 2.61. The van der Waals surface area contributed by atoms with Crippen LogP contribution in [0.2, 0.25) is 5.02 Å². The molecule has 4 rings (SSSR count). The largest absolute Gasteiger partial charge is 0.420 e. The van der Waals surface area contributed by atoms with Crippen LogP contribution in [0.4, 0.5) is 0 Å². The number of halogens is 2. The first kappa shape index (κ1) is 20.1. The van der Waals surface area contributed by atoms with Gasteiger partial charge in [0.2, 0.25) is 11.8 Å². The molecule has 9 heteroatoms. The molecule has 0 saturated heterocycles. The highest BCUT2D eigenvalue weighted by Gasteiger charge is 2.14. The maximum Gasteiger partial charge on any atom is 0.262 e. The fourth-order valence-corrected chi connectivity index (χ4v) is 4.14. The number of hydrogen-bond donors (Lipinski definition) is 0. The molecule has 2 aromatic heterocycles. The van der Waals surface area contributed by atoms with Gasteiger partial charge >= 0.3 is 0 Å². The summed E-state index contributed by atoms with van der Waals surface area (Å²) in [5.41, 5.74) is 1.36. The molecule has 0 aliphatic rings. The minimum atomic E-state index is -0.0721. The Hall–Kier alpha value is -2.16. The third kappa shape index (κ3) is 4.39. The number of rotatable bonds is 6. The lowest BCUT2D eigenvalue weighted by atomic mass is 10.2. The Morgan fingerprint density at radius 2 is 1.97 bits per heavy atom. The predicted molar refractivity (Wildman–Crippen MR) is 118 cm³/mol. The highest BCUT2D eigenvalue weighted by molar-refractivity contribution is 9.10. The average molecular weight is 492 g/mol. The molecule has 6 nitrogen and oxygen atoms in total. The first-order valence-electron chi connectivity index (χ1n) is 8.96. The van der Waals surface area contributed by atoms with Gasteiger partial charge in [-0.3, -0.25) is 9.36 Å². The molecular formula is C20H16BrClN4O2S. The van der Waals surface area contributed by atoms with Gasteiger partial charge in [0.25, 0.3) is 5.56 Å². The highest BCUT2D eigenvalue weighted by Crippen LogP contribution is 2.26. The van der Waals surface area contributed by atoms with Gasteiger partial charge in [0.05, 0.1) is 16.7 Å². The highest BCUT2D eigenvalue weighted by atomic mass is 79.9. The molecule has 4 aromatic rings. The van der Waals surface area contributed by atoms with Crippen LogP contribution in [0.3, 0.4) is 0 Å². The third-order valence-electron chi connectivity index (χ3n) is 4.21. The van der Waals surface area contributed by atoms with Gasteiger partial charge in [0.1, 0.15) is 0 Å². The lowest BCUT2D eigenvalue weighted by Crippen LogP contribution is -2.23. The van der Waals surface area contributed by atoms with Crippen molar-refractivity contribution in [3.8, 4) is 11.5 Å². The van der Waals surface area contributed by atoms with E-state index in [-0.39, 0.29) is 5.56 Å². The molecule has 0 N–H and O–H groups in total. The van der Waals surface area contributed by atoms with Crippen LogP contribution in [0.1, 0.15) is 19.2 Å².